The predicted molar refractivity (Wildman–Crippen MR) is 129 cm³/mol. The van der Waals surface area contributed by atoms with Gasteiger partial charge in [-0.3, -0.25) is 9.59 Å². The summed E-state index contributed by atoms with van der Waals surface area (Å²) in [5, 5.41) is 14.2. The van der Waals surface area contributed by atoms with Crippen molar-refractivity contribution in [2.24, 2.45) is 0 Å². The van der Waals surface area contributed by atoms with E-state index in [1.807, 2.05) is 0 Å². The zero-order valence-electron chi connectivity index (χ0n) is 18.2. The third-order valence-electron chi connectivity index (χ3n) is 4.68. The van der Waals surface area contributed by atoms with Crippen LogP contribution in [0, 0.1) is 0 Å². The van der Waals surface area contributed by atoms with Crippen LogP contribution >= 0.6 is 11.6 Å². The fourth-order valence-electron chi connectivity index (χ4n) is 3.13. The smallest absolute Gasteiger partial charge is 0.254 e. The molecule has 34 heavy (non-hydrogen) atoms. The zero-order valence-corrected chi connectivity index (χ0v) is 19.0. The quantitative estimate of drug-likeness (QED) is 0.366. The molecule has 0 aliphatic heterocycles. The number of benzene rings is 3. The van der Waals surface area contributed by atoms with Crippen molar-refractivity contribution in [3.8, 4) is 17.2 Å². The van der Waals surface area contributed by atoms with Gasteiger partial charge in [0.1, 0.15) is 5.75 Å². The van der Waals surface area contributed by atoms with Crippen LogP contribution in [0.4, 0.5) is 11.4 Å². The maximum atomic E-state index is 12.4. The van der Waals surface area contributed by atoms with Gasteiger partial charge in [0, 0.05) is 35.0 Å². The Morgan fingerprint density at radius 2 is 1.71 bits per heavy atom. The lowest BCUT2D eigenvalue weighted by Crippen LogP contribution is -2.14. The van der Waals surface area contributed by atoms with Crippen LogP contribution in [0.1, 0.15) is 18.4 Å². The number of hydrogen-bond acceptors (Lipinski definition) is 6. The number of rotatable bonds is 8. The summed E-state index contributed by atoms with van der Waals surface area (Å²) in [7, 11) is 0. The van der Waals surface area contributed by atoms with Crippen LogP contribution in [0.2, 0.25) is 5.02 Å². The average Bonchev–Trinajstić information content (AvgIpc) is 3.28. The van der Waals surface area contributed by atoms with Crippen LogP contribution in [0.25, 0.3) is 11.5 Å². The fraction of sp³-hybridized carbons (Fsp3) is 0.120. The highest BCUT2D eigenvalue weighted by atomic mass is 35.5. The van der Waals surface area contributed by atoms with Crippen LogP contribution in [0.15, 0.2) is 77.2 Å². The summed E-state index contributed by atoms with van der Waals surface area (Å²) in [6, 6.07) is 21.2. The van der Waals surface area contributed by atoms with Crippen molar-refractivity contribution in [2.45, 2.75) is 20.0 Å². The van der Waals surface area contributed by atoms with Gasteiger partial charge in [0.05, 0.1) is 6.42 Å². The minimum atomic E-state index is -0.172. The molecule has 4 rings (SSSR count). The van der Waals surface area contributed by atoms with E-state index in [0.717, 1.165) is 11.1 Å². The van der Waals surface area contributed by atoms with Crippen LogP contribution in [-0.4, -0.2) is 22.0 Å². The second-order valence-electron chi connectivity index (χ2n) is 7.43. The second kappa shape index (κ2) is 10.6. The van der Waals surface area contributed by atoms with Gasteiger partial charge < -0.3 is 19.8 Å². The summed E-state index contributed by atoms with van der Waals surface area (Å²) in [6.07, 6.45) is 0.195. The Labute approximate surface area is 200 Å². The number of carbonyl (C=O) groups excluding carboxylic acids is 2. The van der Waals surface area contributed by atoms with E-state index < -0.39 is 0 Å². The Balaban J connectivity index is 1.31. The molecule has 0 unspecified atom stereocenters. The van der Waals surface area contributed by atoms with E-state index >= 15 is 0 Å². The Kier molecular flexibility index (Phi) is 7.19. The average molecular weight is 477 g/mol. The SMILES string of the molecule is CC(=O)Nc1ccc(CC(=O)Nc2cccc(OCc3nnc(-c4ccc(Cl)cc4)o3)c2)cc1. The van der Waals surface area contributed by atoms with E-state index in [2.05, 4.69) is 20.8 Å². The topological polar surface area (TPSA) is 106 Å². The molecule has 0 spiro atoms. The first-order valence-corrected chi connectivity index (χ1v) is 10.8. The molecule has 4 aromatic rings. The highest BCUT2D eigenvalue weighted by Crippen LogP contribution is 2.22. The van der Waals surface area contributed by atoms with Crippen LogP contribution in [-0.2, 0) is 22.6 Å². The predicted octanol–water partition coefficient (Wildman–Crippen LogP) is 5.11. The van der Waals surface area contributed by atoms with Crippen molar-refractivity contribution >= 4 is 34.8 Å². The molecule has 8 nitrogen and oxygen atoms in total. The van der Waals surface area contributed by atoms with Crippen molar-refractivity contribution in [3.63, 3.8) is 0 Å². The molecule has 1 heterocycles. The van der Waals surface area contributed by atoms with E-state index in [-0.39, 0.29) is 24.8 Å². The zero-order chi connectivity index (χ0) is 23.9. The number of nitrogens with zero attached hydrogens (tertiary/aromatic N) is 2. The maximum Gasteiger partial charge on any atom is 0.254 e. The fourth-order valence-corrected chi connectivity index (χ4v) is 3.26. The first-order chi connectivity index (χ1) is 16.4. The molecule has 0 saturated heterocycles. The summed E-state index contributed by atoms with van der Waals surface area (Å²) in [6.45, 7) is 1.53. The highest BCUT2D eigenvalue weighted by molar-refractivity contribution is 6.30. The molecule has 3 aromatic carbocycles. The molecule has 2 amide bonds. The molecular formula is C25H21ClN4O4. The maximum absolute atomic E-state index is 12.4. The molecule has 2 N–H and O–H groups in total. The standard InChI is InChI=1S/C25H21ClN4O4/c1-16(31)27-20-11-5-17(6-12-20)13-23(32)28-21-3-2-4-22(14-21)33-15-24-29-30-25(34-24)18-7-9-19(26)10-8-18/h2-12,14H,13,15H2,1H3,(H,27,31)(H,28,32). The third-order valence-corrected chi connectivity index (χ3v) is 4.93. The Morgan fingerprint density at radius 1 is 0.941 bits per heavy atom. The van der Waals surface area contributed by atoms with Crippen LogP contribution in [0.5, 0.6) is 5.75 Å². The minimum absolute atomic E-state index is 0.0820. The largest absolute Gasteiger partial charge is 0.484 e. The molecule has 0 saturated carbocycles. The Morgan fingerprint density at radius 3 is 2.44 bits per heavy atom. The summed E-state index contributed by atoms with van der Waals surface area (Å²) < 4.78 is 11.4. The number of carbonyl (C=O) groups is 2. The van der Waals surface area contributed by atoms with Gasteiger partial charge in [-0.15, -0.1) is 10.2 Å². The molecule has 0 radical (unpaired) electrons. The van der Waals surface area contributed by atoms with Crippen molar-refractivity contribution in [3.05, 3.63) is 89.3 Å². The lowest BCUT2D eigenvalue weighted by Gasteiger charge is -2.09. The van der Waals surface area contributed by atoms with Crippen LogP contribution < -0.4 is 15.4 Å². The second-order valence-corrected chi connectivity index (χ2v) is 7.86. The summed E-state index contributed by atoms with van der Waals surface area (Å²) >= 11 is 5.90. The molecule has 0 aliphatic rings. The number of hydrogen-bond donors (Lipinski definition) is 2. The first-order valence-electron chi connectivity index (χ1n) is 10.4. The normalized spacial score (nSPS) is 10.5. The number of anilines is 2. The molecule has 0 fully saturated rings. The van der Waals surface area contributed by atoms with Crippen LogP contribution in [0.3, 0.4) is 0 Å². The van der Waals surface area contributed by atoms with E-state index in [0.29, 0.717) is 33.9 Å². The number of nitrogens with one attached hydrogen (secondary N) is 2. The molecule has 0 aliphatic carbocycles. The first kappa shape index (κ1) is 23.0. The van der Waals surface area contributed by atoms with E-state index in [1.165, 1.54) is 6.92 Å². The highest BCUT2D eigenvalue weighted by Gasteiger charge is 2.10. The molecule has 9 heteroatoms. The van der Waals surface area contributed by atoms with Gasteiger partial charge in [-0.25, -0.2) is 0 Å². The number of halogens is 1. The van der Waals surface area contributed by atoms with Gasteiger partial charge in [-0.1, -0.05) is 29.8 Å². The van der Waals surface area contributed by atoms with Crippen molar-refractivity contribution in [1.29, 1.82) is 0 Å². The summed E-state index contributed by atoms with van der Waals surface area (Å²) in [5.41, 5.74) is 2.87. The molecule has 1 aromatic heterocycles. The molecule has 0 atom stereocenters. The van der Waals surface area contributed by atoms with E-state index in [4.69, 9.17) is 20.8 Å². The molecular weight excluding hydrogens is 456 g/mol. The van der Waals surface area contributed by atoms with Gasteiger partial charge >= 0.3 is 0 Å². The van der Waals surface area contributed by atoms with Crippen molar-refractivity contribution < 1.29 is 18.7 Å². The summed E-state index contributed by atoms with van der Waals surface area (Å²) in [4.78, 5) is 23.5. The lowest BCUT2D eigenvalue weighted by molar-refractivity contribution is -0.116. The van der Waals surface area contributed by atoms with Gasteiger partial charge in [0.2, 0.25) is 17.7 Å². The minimum Gasteiger partial charge on any atom is -0.484 e. The van der Waals surface area contributed by atoms with Gasteiger partial charge in [-0.05, 0) is 54.1 Å². The number of ether oxygens (including phenoxy) is 1. The van der Waals surface area contributed by atoms with Gasteiger partial charge in [0.15, 0.2) is 6.61 Å². The Bertz CT molecular complexity index is 1290. The molecule has 172 valence electrons. The lowest BCUT2D eigenvalue weighted by atomic mass is 10.1. The molecule has 0 bridgehead atoms. The van der Waals surface area contributed by atoms with Crippen molar-refractivity contribution in [2.75, 3.05) is 10.6 Å². The Hall–Kier alpha value is -4.17. The monoisotopic (exact) mass is 476 g/mol. The van der Waals surface area contributed by atoms with Gasteiger partial charge in [0.25, 0.3) is 5.89 Å². The summed E-state index contributed by atoms with van der Waals surface area (Å²) in [5.74, 6) is 0.926. The van der Waals surface area contributed by atoms with Gasteiger partial charge in [-0.2, -0.15) is 0 Å². The number of amides is 2. The van der Waals surface area contributed by atoms with E-state index in [1.54, 1.807) is 72.8 Å². The number of aromatic nitrogens is 2. The van der Waals surface area contributed by atoms with E-state index in [9.17, 15) is 9.59 Å². The van der Waals surface area contributed by atoms with Crippen molar-refractivity contribution in [1.82, 2.24) is 10.2 Å². The third kappa shape index (κ3) is 6.43.